The summed E-state index contributed by atoms with van der Waals surface area (Å²) in [6.07, 6.45) is -7.39. The molecule has 0 spiro atoms. The van der Waals surface area contributed by atoms with E-state index in [1.165, 1.54) is 18.2 Å². The van der Waals surface area contributed by atoms with Crippen LogP contribution in [0.3, 0.4) is 0 Å². The van der Waals surface area contributed by atoms with Crippen LogP contribution in [0.25, 0.3) is 0 Å². The van der Waals surface area contributed by atoms with E-state index in [2.05, 4.69) is 0 Å². The molecule has 2 aromatic rings. The Bertz CT molecular complexity index is 1150. The van der Waals surface area contributed by atoms with E-state index in [4.69, 9.17) is 0 Å². The van der Waals surface area contributed by atoms with Crippen LogP contribution in [0.2, 0.25) is 0 Å². The standard InChI is InChI=1S/C12H5F13I.C7H8O3S/c13-7(14,9(17,18)11(21,22)23)8(15,16)10(19,20)12(24,25)26-6-4-2-1-3-5-6;1-6-2-4-7(5-3-6)11(8,9)10/h1-5H;2-5H,1H3,(H,8,9,10)/q+1;/p-1. The summed E-state index contributed by atoms with van der Waals surface area (Å²) in [4.78, 5) is -0.178. The molecule has 0 aromatic heterocycles. The van der Waals surface area contributed by atoms with Gasteiger partial charge in [0.15, 0.2) is 3.57 Å². The van der Waals surface area contributed by atoms with Gasteiger partial charge in [-0.25, -0.2) is 8.42 Å². The molecule has 0 heterocycles. The fourth-order valence-corrected chi connectivity index (χ4v) is 4.83. The number of benzene rings is 2. The van der Waals surface area contributed by atoms with Crippen LogP contribution in [0.1, 0.15) is 5.56 Å². The monoisotopic (exact) mass is 694 g/mol. The predicted octanol–water partition coefficient (Wildman–Crippen LogP) is 3.54. The largest absolute Gasteiger partial charge is 0.744 e. The van der Waals surface area contributed by atoms with Gasteiger partial charge in [-0.2, -0.15) is 57.1 Å². The highest BCUT2D eigenvalue weighted by atomic mass is 127. The van der Waals surface area contributed by atoms with Gasteiger partial charge in [0, 0.05) is 0 Å². The van der Waals surface area contributed by atoms with Crippen molar-refractivity contribution in [2.75, 3.05) is 0 Å². The summed E-state index contributed by atoms with van der Waals surface area (Å²) in [5.41, 5.74) is 0.928. The first-order chi connectivity index (χ1) is 16.3. The molecule has 0 N–H and O–H groups in total. The molecule has 37 heavy (non-hydrogen) atoms. The Morgan fingerprint density at radius 2 is 1.03 bits per heavy atom. The van der Waals surface area contributed by atoms with Gasteiger partial charge < -0.3 is 4.55 Å². The maximum Gasteiger partial charge on any atom is 0.516 e. The van der Waals surface area contributed by atoms with Gasteiger partial charge in [0.1, 0.15) is 10.1 Å². The molecule has 0 aliphatic rings. The summed E-state index contributed by atoms with van der Waals surface area (Å²) < 4.78 is 192. The van der Waals surface area contributed by atoms with Gasteiger partial charge >= 0.3 is 55.0 Å². The zero-order valence-corrected chi connectivity index (χ0v) is 20.6. The second kappa shape index (κ2) is 10.7. The zero-order valence-electron chi connectivity index (χ0n) is 17.6. The summed E-state index contributed by atoms with van der Waals surface area (Å²) in [6.45, 7) is 1.82. The van der Waals surface area contributed by atoms with Crippen molar-refractivity contribution < 1.29 is 91.3 Å². The molecule has 0 atom stereocenters. The first-order valence-corrected chi connectivity index (χ1v) is 12.6. The summed E-state index contributed by atoms with van der Waals surface area (Å²) in [6, 6.07) is 10.5. The van der Waals surface area contributed by atoms with Crippen LogP contribution in [0.5, 0.6) is 0 Å². The van der Waals surface area contributed by atoms with Gasteiger partial charge in [-0.05, 0) is 31.2 Å². The number of hydrogen-bond acceptors (Lipinski definition) is 3. The number of aryl methyl sites for hydroxylation is 1. The second-order valence-electron chi connectivity index (χ2n) is 6.95. The molecular formula is C19H12F13IO3S. The third-order valence-electron chi connectivity index (χ3n) is 4.17. The molecule has 0 bridgehead atoms. The zero-order chi connectivity index (χ0) is 29.3. The van der Waals surface area contributed by atoms with E-state index < -0.39 is 68.7 Å². The molecule has 0 amide bonds. The van der Waals surface area contributed by atoms with Crippen LogP contribution in [-0.4, -0.2) is 46.8 Å². The molecule has 0 fully saturated rings. The summed E-state index contributed by atoms with van der Waals surface area (Å²) in [5.74, 6) is -30.4. The quantitative estimate of drug-likeness (QED) is 0.193. The maximum absolute atomic E-state index is 13.6. The molecule has 210 valence electrons. The SMILES string of the molecule is Cc1ccc(S(=O)(=O)[O-])cc1.FC(F)(F)C(F)(F)C(F)(F)C(F)(F)C(F)(F)C(F)(F)[I+]c1ccccc1. The van der Waals surface area contributed by atoms with E-state index in [-0.39, 0.29) is 4.90 Å². The number of rotatable bonds is 7. The lowest BCUT2D eigenvalue weighted by molar-refractivity contribution is -0.790. The van der Waals surface area contributed by atoms with E-state index in [1.54, 1.807) is 12.1 Å². The van der Waals surface area contributed by atoms with Crippen molar-refractivity contribution in [2.45, 2.75) is 45.6 Å². The fourth-order valence-electron chi connectivity index (χ4n) is 2.13. The van der Waals surface area contributed by atoms with Crippen LogP contribution in [0.15, 0.2) is 59.5 Å². The Hall–Kier alpha value is -1.83. The van der Waals surface area contributed by atoms with E-state index >= 15 is 0 Å². The van der Waals surface area contributed by atoms with E-state index in [1.807, 2.05) is 6.92 Å². The van der Waals surface area contributed by atoms with Gasteiger partial charge in [-0.15, -0.1) is 0 Å². The predicted molar refractivity (Wildman–Crippen MR) is 95.1 cm³/mol. The number of alkyl halides is 14. The third kappa shape index (κ3) is 6.79. The van der Waals surface area contributed by atoms with Gasteiger partial charge in [-0.1, -0.05) is 35.9 Å². The van der Waals surface area contributed by atoms with Crippen molar-refractivity contribution in [1.29, 1.82) is 0 Å². The normalized spacial score (nSPS) is 14.1. The first kappa shape index (κ1) is 33.2. The lowest BCUT2D eigenvalue weighted by Gasteiger charge is -2.36. The van der Waals surface area contributed by atoms with Crippen molar-refractivity contribution in [3.63, 3.8) is 0 Å². The summed E-state index contributed by atoms with van der Waals surface area (Å²) in [5, 5.41) is 0. The highest BCUT2D eigenvalue weighted by Gasteiger charge is 2.93. The smallest absolute Gasteiger partial charge is 0.516 e. The van der Waals surface area contributed by atoms with Crippen molar-refractivity contribution >= 4 is 10.1 Å². The molecule has 0 saturated carbocycles. The number of hydrogen-bond donors (Lipinski definition) is 0. The molecule has 3 nitrogen and oxygen atoms in total. The van der Waals surface area contributed by atoms with Crippen molar-refractivity contribution in [2.24, 2.45) is 0 Å². The summed E-state index contributed by atoms with van der Waals surface area (Å²) in [7, 11) is -4.27. The highest BCUT2D eigenvalue weighted by molar-refractivity contribution is 7.85. The Kier molecular flexibility index (Phi) is 9.63. The van der Waals surface area contributed by atoms with E-state index in [0.717, 1.165) is 29.8 Å². The Morgan fingerprint density at radius 1 is 0.622 bits per heavy atom. The molecule has 0 aliphatic heterocycles. The average Bonchev–Trinajstić information content (AvgIpc) is 2.73. The Labute approximate surface area is 210 Å². The topological polar surface area (TPSA) is 57.2 Å². The van der Waals surface area contributed by atoms with Crippen molar-refractivity contribution in [3.8, 4) is 0 Å². The molecule has 18 heteroatoms. The Balaban J connectivity index is 0.000000516. The lowest BCUT2D eigenvalue weighted by Crippen LogP contribution is -3.68. The first-order valence-electron chi connectivity index (χ1n) is 9.02. The van der Waals surface area contributed by atoms with E-state index in [0.29, 0.717) is 0 Å². The minimum Gasteiger partial charge on any atom is -0.744 e. The Morgan fingerprint density at radius 3 is 1.41 bits per heavy atom. The molecule has 0 radical (unpaired) electrons. The second-order valence-corrected chi connectivity index (χ2v) is 11.5. The number of halogens is 14. The van der Waals surface area contributed by atoms with Gasteiger partial charge in [0.25, 0.3) is 0 Å². The minimum atomic E-state index is -7.84. The van der Waals surface area contributed by atoms with Gasteiger partial charge in [0.2, 0.25) is 0 Å². The fraction of sp³-hybridized carbons (Fsp3) is 0.368. The van der Waals surface area contributed by atoms with Crippen LogP contribution >= 0.6 is 0 Å². The molecule has 2 rings (SSSR count). The average molecular weight is 694 g/mol. The van der Waals surface area contributed by atoms with Crippen molar-refractivity contribution in [1.82, 2.24) is 0 Å². The van der Waals surface area contributed by atoms with Gasteiger partial charge in [0.05, 0.1) is 4.90 Å². The highest BCUT2D eigenvalue weighted by Crippen LogP contribution is 2.59. The minimum absolute atomic E-state index is 0.178. The van der Waals surface area contributed by atoms with Crippen LogP contribution in [-0.2, 0) is 10.1 Å². The third-order valence-corrected chi connectivity index (χ3v) is 7.71. The molecule has 0 saturated heterocycles. The molecule has 0 unspecified atom stereocenters. The van der Waals surface area contributed by atoms with Crippen molar-refractivity contribution in [3.05, 3.63) is 63.7 Å². The van der Waals surface area contributed by atoms with E-state index in [9.17, 15) is 70.0 Å². The molecule has 0 aliphatic carbocycles. The molecular weight excluding hydrogens is 682 g/mol. The van der Waals surface area contributed by atoms with Crippen LogP contribution < -0.4 is 21.2 Å². The van der Waals surface area contributed by atoms with Crippen LogP contribution in [0, 0.1) is 10.5 Å². The summed E-state index contributed by atoms with van der Waals surface area (Å²) >= 11 is -3.51. The lowest BCUT2D eigenvalue weighted by atomic mass is 9.98. The van der Waals surface area contributed by atoms with Crippen LogP contribution in [0.4, 0.5) is 57.1 Å². The molecule has 2 aromatic carbocycles. The maximum atomic E-state index is 13.6. The van der Waals surface area contributed by atoms with Gasteiger partial charge in [-0.3, -0.25) is 0 Å².